The van der Waals surface area contributed by atoms with E-state index < -0.39 is 22.7 Å². The fourth-order valence-corrected chi connectivity index (χ4v) is 4.09. The van der Waals surface area contributed by atoms with Gasteiger partial charge in [0.05, 0.1) is 32.5 Å². The first-order valence-corrected chi connectivity index (χ1v) is 7.22. The van der Waals surface area contributed by atoms with Gasteiger partial charge < -0.3 is 19.9 Å². The summed E-state index contributed by atoms with van der Waals surface area (Å²) in [5.74, 6) is -1.35. The van der Waals surface area contributed by atoms with E-state index in [1.807, 2.05) is 18.2 Å². The molecule has 1 saturated carbocycles. The first-order chi connectivity index (χ1) is 11.1. The van der Waals surface area contributed by atoms with Gasteiger partial charge in [-0.25, -0.2) is 4.99 Å². The number of nitrogens with two attached hydrogens (primary N) is 1. The molecule has 1 spiro atoms. The first-order valence-electron chi connectivity index (χ1n) is 7.22. The molecule has 1 aromatic carbocycles. The first kappa shape index (κ1) is 14.0. The number of hydrogen-bond donors (Lipinski definition) is 1. The molecule has 2 N–H and O–H groups in total. The van der Waals surface area contributed by atoms with E-state index in [9.17, 15) is 10.5 Å². The molecule has 0 radical (unpaired) electrons. The Labute approximate surface area is 132 Å². The molecule has 1 saturated heterocycles. The number of para-hydroxylation sites is 1. The summed E-state index contributed by atoms with van der Waals surface area (Å²) < 4.78 is 16.7. The fraction of sp³-hybridized carbons (Fsp3) is 0.438. The van der Waals surface area contributed by atoms with Crippen molar-refractivity contribution in [3.8, 4) is 17.9 Å². The van der Waals surface area contributed by atoms with Crippen molar-refractivity contribution in [1.82, 2.24) is 0 Å². The largest absolute Gasteiger partial charge is 0.496 e. The molecule has 4 rings (SSSR count). The molecule has 2 heterocycles. The fourth-order valence-electron chi connectivity index (χ4n) is 4.09. The van der Waals surface area contributed by atoms with Crippen LogP contribution in [-0.4, -0.2) is 32.1 Å². The maximum absolute atomic E-state index is 9.97. The van der Waals surface area contributed by atoms with E-state index in [0.29, 0.717) is 19.0 Å². The van der Waals surface area contributed by atoms with Crippen molar-refractivity contribution in [3.63, 3.8) is 0 Å². The predicted molar refractivity (Wildman–Crippen MR) is 78.1 cm³/mol. The Bertz CT molecular complexity index is 802. The van der Waals surface area contributed by atoms with Crippen LogP contribution in [0.25, 0.3) is 0 Å². The molecule has 7 nitrogen and oxygen atoms in total. The van der Waals surface area contributed by atoms with Gasteiger partial charge in [-0.2, -0.15) is 10.5 Å². The molecule has 0 aromatic heterocycles. The number of ether oxygens (including phenoxy) is 3. The lowest BCUT2D eigenvalue weighted by Crippen LogP contribution is -2.38. The smallest absolute Gasteiger partial charge is 0.293 e. The van der Waals surface area contributed by atoms with Gasteiger partial charge in [-0.05, 0) is 6.07 Å². The highest BCUT2D eigenvalue weighted by Crippen LogP contribution is 2.82. The normalized spacial score (nSPS) is 36.0. The lowest BCUT2D eigenvalue weighted by atomic mass is 9.94. The third-order valence-electron chi connectivity index (χ3n) is 5.06. The molecule has 0 bridgehead atoms. The Balaban J connectivity index is 1.96. The molecular formula is C16H14N4O3. The molecule has 3 unspecified atom stereocenters. The molecule has 23 heavy (non-hydrogen) atoms. The number of benzene rings is 1. The average Bonchev–Trinajstić information content (AvgIpc) is 2.82. The molecule has 1 aromatic rings. The van der Waals surface area contributed by atoms with Crippen LogP contribution in [0.3, 0.4) is 0 Å². The van der Waals surface area contributed by atoms with Crippen molar-refractivity contribution in [1.29, 1.82) is 10.5 Å². The van der Waals surface area contributed by atoms with Crippen LogP contribution in [0.4, 0.5) is 0 Å². The topological polar surface area (TPSA) is 114 Å². The van der Waals surface area contributed by atoms with E-state index in [0.717, 1.165) is 5.56 Å². The van der Waals surface area contributed by atoms with Gasteiger partial charge in [0, 0.05) is 11.5 Å². The molecule has 2 fully saturated rings. The average molecular weight is 310 g/mol. The minimum absolute atomic E-state index is 0.0827. The van der Waals surface area contributed by atoms with E-state index in [1.54, 1.807) is 13.2 Å². The van der Waals surface area contributed by atoms with Crippen molar-refractivity contribution in [2.24, 2.45) is 21.6 Å². The Morgan fingerprint density at radius 2 is 1.96 bits per heavy atom. The van der Waals surface area contributed by atoms with Crippen LogP contribution in [0, 0.1) is 33.5 Å². The Hall–Kier alpha value is -2.61. The molecule has 3 aliphatic rings. The van der Waals surface area contributed by atoms with Crippen LogP contribution in [0.1, 0.15) is 11.5 Å². The van der Waals surface area contributed by atoms with Gasteiger partial charge in [-0.1, -0.05) is 18.2 Å². The summed E-state index contributed by atoms with van der Waals surface area (Å²) in [5.41, 5.74) is 4.24. The highest BCUT2D eigenvalue weighted by atomic mass is 16.8. The van der Waals surface area contributed by atoms with Gasteiger partial charge in [-0.3, -0.25) is 0 Å². The lowest BCUT2D eigenvalue weighted by Gasteiger charge is -2.26. The van der Waals surface area contributed by atoms with Crippen LogP contribution >= 0.6 is 0 Å². The molecule has 3 atom stereocenters. The highest BCUT2D eigenvalue weighted by Gasteiger charge is 2.94. The van der Waals surface area contributed by atoms with Crippen LogP contribution < -0.4 is 10.5 Å². The zero-order valence-electron chi connectivity index (χ0n) is 12.4. The van der Waals surface area contributed by atoms with Crippen LogP contribution in [0.2, 0.25) is 0 Å². The highest BCUT2D eigenvalue weighted by molar-refractivity contribution is 6.00. The minimum atomic E-state index is -1.51. The van der Waals surface area contributed by atoms with Crippen molar-refractivity contribution < 1.29 is 14.2 Å². The molecule has 2 aliphatic heterocycles. The summed E-state index contributed by atoms with van der Waals surface area (Å²) in [6, 6.07) is 11.7. The summed E-state index contributed by atoms with van der Waals surface area (Å²) in [6.45, 7) is 0.612. The van der Waals surface area contributed by atoms with Crippen LogP contribution in [-0.2, 0) is 9.47 Å². The summed E-state index contributed by atoms with van der Waals surface area (Å²) in [6.07, 6.45) is 0. The number of nitrogens with zero attached hydrogens (tertiary/aromatic N) is 3. The van der Waals surface area contributed by atoms with E-state index in [-0.39, 0.29) is 5.84 Å². The van der Waals surface area contributed by atoms with Crippen molar-refractivity contribution in [3.05, 3.63) is 29.8 Å². The molecule has 0 amide bonds. The quantitative estimate of drug-likeness (QED) is 0.867. The molecular weight excluding hydrogens is 296 g/mol. The van der Waals surface area contributed by atoms with E-state index in [4.69, 9.17) is 19.9 Å². The second kappa shape index (κ2) is 4.23. The number of amidine groups is 1. The number of aliphatic imine (C=N–C) groups is 1. The lowest BCUT2D eigenvalue weighted by molar-refractivity contribution is -0.184. The number of rotatable bonds is 2. The van der Waals surface area contributed by atoms with Crippen LogP contribution in [0.5, 0.6) is 5.75 Å². The van der Waals surface area contributed by atoms with E-state index in [1.165, 1.54) is 0 Å². The zero-order chi connectivity index (χ0) is 16.3. The Morgan fingerprint density at radius 3 is 2.57 bits per heavy atom. The number of hydrogen-bond acceptors (Lipinski definition) is 7. The number of nitriles is 2. The maximum Gasteiger partial charge on any atom is 0.293 e. The standard InChI is InChI=1S/C16H14N4O3/c1-21-11-5-3-2-4-10(11)12-14(8-17)13(19)20-16(15(12,14)9-18)22-6-7-23-16/h2-5,12H,6-7H2,1H3,(H2,19,20). The molecule has 116 valence electrons. The monoisotopic (exact) mass is 310 g/mol. The van der Waals surface area contributed by atoms with Gasteiger partial charge >= 0.3 is 0 Å². The summed E-state index contributed by atoms with van der Waals surface area (Å²) in [4.78, 5) is 4.23. The summed E-state index contributed by atoms with van der Waals surface area (Å²) >= 11 is 0. The molecule has 1 aliphatic carbocycles. The van der Waals surface area contributed by atoms with E-state index >= 15 is 0 Å². The van der Waals surface area contributed by atoms with Crippen molar-refractivity contribution in [2.75, 3.05) is 20.3 Å². The SMILES string of the molecule is COc1ccccc1C1C2(C#N)C(N)=NC3(OCCO3)C12C#N. The van der Waals surface area contributed by atoms with E-state index in [2.05, 4.69) is 17.1 Å². The van der Waals surface area contributed by atoms with Crippen molar-refractivity contribution >= 4 is 5.84 Å². The number of fused-ring (bicyclic) bond motifs is 2. The second-order valence-electron chi connectivity index (χ2n) is 5.79. The predicted octanol–water partition coefficient (Wildman–Crippen LogP) is 0.884. The van der Waals surface area contributed by atoms with Crippen molar-refractivity contribution in [2.45, 2.75) is 11.8 Å². The minimum Gasteiger partial charge on any atom is -0.496 e. The van der Waals surface area contributed by atoms with Crippen LogP contribution in [0.15, 0.2) is 29.3 Å². The maximum atomic E-state index is 9.97. The Morgan fingerprint density at radius 1 is 1.26 bits per heavy atom. The third kappa shape index (κ3) is 1.25. The van der Waals surface area contributed by atoms with Gasteiger partial charge in [-0.15, -0.1) is 0 Å². The zero-order valence-corrected chi connectivity index (χ0v) is 12.4. The Kier molecular flexibility index (Phi) is 2.57. The molecule has 7 heteroatoms. The van der Waals surface area contributed by atoms with Gasteiger partial charge in [0.1, 0.15) is 17.0 Å². The van der Waals surface area contributed by atoms with Gasteiger partial charge in [0.2, 0.25) is 0 Å². The second-order valence-corrected chi connectivity index (χ2v) is 5.79. The van der Waals surface area contributed by atoms with Gasteiger partial charge in [0.15, 0.2) is 5.41 Å². The van der Waals surface area contributed by atoms with Gasteiger partial charge in [0.25, 0.3) is 5.91 Å². The summed E-state index contributed by atoms with van der Waals surface area (Å²) in [5, 5.41) is 19.8. The third-order valence-corrected chi connectivity index (χ3v) is 5.06. The summed E-state index contributed by atoms with van der Waals surface area (Å²) in [7, 11) is 1.55. The number of methoxy groups -OCH3 is 1.